The Labute approximate surface area is 124 Å². The molecule has 0 aliphatic carbocycles. The summed E-state index contributed by atoms with van der Waals surface area (Å²) >= 11 is 5.98. The van der Waals surface area contributed by atoms with Crippen LogP contribution in [0.1, 0.15) is 13.8 Å². The lowest BCUT2D eigenvalue weighted by Crippen LogP contribution is -2.37. The molecule has 9 heteroatoms. The van der Waals surface area contributed by atoms with Gasteiger partial charge in [-0.05, 0) is 25.4 Å². The van der Waals surface area contributed by atoms with Crippen LogP contribution in [0.3, 0.4) is 0 Å². The first-order valence-electron chi connectivity index (χ1n) is 6.25. The van der Waals surface area contributed by atoms with Crippen molar-refractivity contribution in [1.82, 2.24) is 18.7 Å². The first-order chi connectivity index (χ1) is 9.73. The molecule has 8 nitrogen and oxygen atoms in total. The van der Waals surface area contributed by atoms with Gasteiger partial charge in [0.1, 0.15) is 6.54 Å². The topological polar surface area (TPSA) is 88.1 Å². The van der Waals surface area contributed by atoms with Gasteiger partial charge in [0.05, 0.1) is 6.10 Å². The van der Waals surface area contributed by atoms with E-state index in [4.69, 9.17) is 16.3 Å². The Hall–Kier alpha value is -2.09. The van der Waals surface area contributed by atoms with Gasteiger partial charge >= 0.3 is 11.7 Å². The first-order valence-corrected chi connectivity index (χ1v) is 6.63. The zero-order valence-electron chi connectivity index (χ0n) is 12.1. The molecular formula is C12H15ClN4O4. The number of halogens is 1. The summed E-state index contributed by atoms with van der Waals surface area (Å²) in [5.74, 6) is -0.540. The van der Waals surface area contributed by atoms with E-state index in [1.54, 1.807) is 13.8 Å². The van der Waals surface area contributed by atoms with Crippen LogP contribution in [0, 0.1) is 0 Å². The van der Waals surface area contributed by atoms with Crippen LogP contribution in [0.15, 0.2) is 9.59 Å². The third kappa shape index (κ3) is 2.58. The maximum absolute atomic E-state index is 12.2. The highest BCUT2D eigenvalue weighted by Gasteiger charge is 2.20. The molecule has 0 aliphatic rings. The summed E-state index contributed by atoms with van der Waals surface area (Å²) in [4.78, 5) is 39.8. The van der Waals surface area contributed by atoms with Gasteiger partial charge in [-0.25, -0.2) is 4.79 Å². The molecule has 0 radical (unpaired) electrons. The van der Waals surface area contributed by atoms with Crippen molar-refractivity contribution in [1.29, 1.82) is 0 Å². The Balaban J connectivity index is 2.66. The van der Waals surface area contributed by atoms with Crippen LogP contribution in [-0.4, -0.2) is 30.8 Å². The molecule has 0 fully saturated rings. The molecule has 0 saturated heterocycles. The minimum atomic E-state index is -0.565. The molecule has 114 valence electrons. The highest BCUT2D eigenvalue weighted by Crippen LogP contribution is 2.15. The number of ether oxygens (including phenoxy) is 1. The number of rotatable bonds is 3. The smallest absolute Gasteiger partial charge is 0.332 e. The summed E-state index contributed by atoms with van der Waals surface area (Å²) in [6, 6.07) is 0. The number of esters is 1. The van der Waals surface area contributed by atoms with Crippen molar-refractivity contribution in [2.24, 2.45) is 14.1 Å². The maximum atomic E-state index is 12.2. The van der Waals surface area contributed by atoms with E-state index in [0.29, 0.717) is 0 Å². The molecule has 2 aromatic rings. The Morgan fingerprint density at radius 1 is 1.29 bits per heavy atom. The Morgan fingerprint density at radius 2 is 1.90 bits per heavy atom. The van der Waals surface area contributed by atoms with Crippen molar-refractivity contribution in [3.63, 3.8) is 0 Å². The minimum absolute atomic E-state index is 0.0518. The van der Waals surface area contributed by atoms with Crippen LogP contribution < -0.4 is 11.2 Å². The summed E-state index contributed by atoms with van der Waals surface area (Å²) in [5.41, 5.74) is -0.862. The van der Waals surface area contributed by atoms with Crippen LogP contribution in [0.25, 0.3) is 11.2 Å². The normalized spacial score (nSPS) is 11.3. The van der Waals surface area contributed by atoms with Gasteiger partial charge in [-0.1, -0.05) is 0 Å². The van der Waals surface area contributed by atoms with E-state index in [0.717, 1.165) is 4.57 Å². The largest absolute Gasteiger partial charge is 0.462 e. The molecule has 0 aliphatic heterocycles. The maximum Gasteiger partial charge on any atom is 0.332 e. The number of aryl methyl sites for hydroxylation is 1. The van der Waals surface area contributed by atoms with E-state index < -0.39 is 17.2 Å². The van der Waals surface area contributed by atoms with Gasteiger partial charge in [-0.3, -0.25) is 23.3 Å². The molecule has 0 unspecified atom stereocenters. The highest BCUT2D eigenvalue weighted by atomic mass is 35.5. The molecular weight excluding hydrogens is 300 g/mol. The van der Waals surface area contributed by atoms with Gasteiger partial charge in [-0.15, -0.1) is 0 Å². The van der Waals surface area contributed by atoms with E-state index in [9.17, 15) is 14.4 Å². The summed E-state index contributed by atoms with van der Waals surface area (Å²) < 4.78 is 8.40. The van der Waals surface area contributed by atoms with Crippen LogP contribution in [0.2, 0.25) is 5.28 Å². The quantitative estimate of drug-likeness (QED) is 0.589. The second kappa shape index (κ2) is 5.36. The number of nitrogens with zero attached hydrogens (tertiary/aromatic N) is 4. The molecule has 0 bridgehead atoms. The monoisotopic (exact) mass is 314 g/mol. The number of fused-ring (bicyclic) bond motifs is 1. The fourth-order valence-corrected chi connectivity index (χ4v) is 2.22. The van der Waals surface area contributed by atoms with E-state index in [1.807, 2.05) is 0 Å². The molecule has 0 amide bonds. The van der Waals surface area contributed by atoms with Crippen LogP contribution in [0.4, 0.5) is 0 Å². The van der Waals surface area contributed by atoms with Crippen molar-refractivity contribution in [2.45, 2.75) is 26.5 Å². The standard InChI is InChI=1S/C12H15ClN4O4/c1-6(2)21-7(18)5-17-8-9(14-11(17)13)15(3)12(20)16(4)10(8)19/h6H,5H2,1-4H3. The third-order valence-corrected chi connectivity index (χ3v) is 3.24. The average Bonchev–Trinajstić information content (AvgIpc) is 2.70. The SMILES string of the molecule is CC(C)OC(=O)Cn1c(Cl)nc2c1c(=O)n(C)c(=O)n2C. The van der Waals surface area contributed by atoms with Crippen LogP contribution in [-0.2, 0) is 30.2 Å². The van der Waals surface area contributed by atoms with Gasteiger partial charge in [0.15, 0.2) is 11.2 Å². The second-order valence-electron chi connectivity index (χ2n) is 4.88. The Morgan fingerprint density at radius 3 is 2.48 bits per heavy atom. The van der Waals surface area contributed by atoms with Crippen molar-refractivity contribution in [2.75, 3.05) is 0 Å². The molecule has 2 aromatic heterocycles. The lowest BCUT2D eigenvalue weighted by Gasteiger charge is -2.09. The van der Waals surface area contributed by atoms with Crippen molar-refractivity contribution < 1.29 is 9.53 Å². The molecule has 0 spiro atoms. The van der Waals surface area contributed by atoms with Gasteiger partial charge in [0.25, 0.3) is 5.56 Å². The van der Waals surface area contributed by atoms with Gasteiger partial charge in [0.2, 0.25) is 5.28 Å². The minimum Gasteiger partial charge on any atom is -0.462 e. The molecule has 0 atom stereocenters. The van der Waals surface area contributed by atoms with E-state index >= 15 is 0 Å². The first kappa shape index (κ1) is 15.3. The molecule has 0 N–H and O–H groups in total. The predicted octanol–water partition coefficient (Wildman–Crippen LogP) is 0.0387. The number of aromatic nitrogens is 4. The Kier molecular flexibility index (Phi) is 3.91. The number of carbonyl (C=O) groups is 1. The zero-order chi connectivity index (χ0) is 15.9. The lowest BCUT2D eigenvalue weighted by atomic mass is 10.4. The summed E-state index contributed by atoms with van der Waals surface area (Å²) in [7, 11) is 2.83. The lowest BCUT2D eigenvalue weighted by molar-refractivity contribution is -0.148. The molecule has 2 rings (SSSR count). The van der Waals surface area contributed by atoms with Crippen molar-refractivity contribution >= 4 is 28.7 Å². The van der Waals surface area contributed by atoms with Gasteiger partial charge < -0.3 is 4.74 Å². The van der Waals surface area contributed by atoms with E-state index in [2.05, 4.69) is 4.98 Å². The van der Waals surface area contributed by atoms with Gasteiger partial charge in [-0.2, -0.15) is 4.98 Å². The highest BCUT2D eigenvalue weighted by molar-refractivity contribution is 6.29. The molecule has 0 saturated carbocycles. The zero-order valence-corrected chi connectivity index (χ0v) is 12.8. The summed E-state index contributed by atoms with van der Waals surface area (Å²) in [6.45, 7) is 3.18. The summed E-state index contributed by atoms with van der Waals surface area (Å²) in [6.07, 6.45) is -0.279. The second-order valence-corrected chi connectivity index (χ2v) is 5.22. The molecule has 0 aromatic carbocycles. The third-order valence-electron chi connectivity index (χ3n) is 2.96. The van der Waals surface area contributed by atoms with Gasteiger partial charge in [0, 0.05) is 14.1 Å². The van der Waals surface area contributed by atoms with Crippen LogP contribution in [0.5, 0.6) is 0 Å². The van der Waals surface area contributed by atoms with Crippen LogP contribution >= 0.6 is 11.6 Å². The number of imidazole rings is 1. The average molecular weight is 315 g/mol. The fraction of sp³-hybridized carbons (Fsp3) is 0.500. The fourth-order valence-electron chi connectivity index (χ4n) is 1.99. The van der Waals surface area contributed by atoms with Crippen molar-refractivity contribution in [3.05, 3.63) is 26.1 Å². The summed E-state index contributed by atoms with van der Waals surface area (Å²) in [5, 5.41) is -0.0518. The van der Waals surface area contributed by atoms with E-state index in [1.165, 1.54) is 23.2 Å². The van der Waals surface area contributed by atoms with Crippen molar-refractivity contribution in [3.8, 4) is 0 Å². The molecule has 21 heavy (non-hydrogen) atoms. The Bertz CT molecular complexity index is 830. The molecule has 2 heterocycles. The number of hydrogen-bond acceptors (Lipinski definition) is 5. The van der Waals surface area contributed by atoms with E-state index in [-0.39, 0.29) is 29.1 Å². The predicted molar refractivity (Wildman–Crippen MR) is 76.5 cm³/mol. The number of carbonyl (C=O) groups excluding carboxylic acids is 1. The number of hydrogen-bond donors (Lipinski definition) is 0.